The highest BCUT2D eigenvalue weighted by Crippen LogP contribution is 2.05. The van der Waals surface area contributed by atoms with E-state index in [9.17, 15) is 24.0 Å². The minimum absolute atomic E-state index is 0.0287. The molecule has 8 N–H and O–H groups in total. The van der Waals surface area contributed by atoms with E-state index in [-0.39, 0.29) is 6.42 Å². The molecule has 0 saturated carbocycles. The van der Waals surface area contributed by atoms with Crippen molar-refractivity contribution in [3.8, 4) is 0 Å². The summed E-state index contributed by atoms with van der Waals surface area (Å²) in [6.45, 7) is 0.477. The fourth-order valence-corrected chi connectivity index (χ4v) is 2.48. The lowest BCUT2D eigenvalue weighted by Gasteiger charge is -2.24. The van der Waals surface area contributed by atoms with Gasteiger partial charge in [0.25, 0.3) is 0 Å². The van der Waals surface area contributed by atoms with Gasteiger partial charge in [0.2, 0.25) is 17.7 Å². The van der Waals surface area contributed by atoms with Crippen LogP contribution in [0.4, 0.5) is 0 Å². The highest BCUT2D eigenvalue weighted by molar-refractivity contribution is 5.95. The van der Waals surface area contributed by atoms with Crippen molar-refractivity contribution in [1.29, 1.82) is 0 Å². The molecule has 0 aromatic heterocycles. The molecule has 0 bridgehead atoms. The number of carbonyl (C=O) groups excluding carboxylic acids is 3. The van der Waals surface area contributed by atoms with Crippen LogP contribution in [0, 0.1) is 0 Å². The molecule has 0 fully saturated rings. The fraction of sp³-hybridized carbons (Fsp3) is 0.421. The number of carbonyl (C=O) groups is 5. The Hall–Kier alpha value is -3.51. The Labute approximate surface area is 177 Å². The van der Waals surface area contributed by atoms with Gasteiger partial charge in [-0.05, 0) is 12.5 Å². The number of amides is 3. The van der Waals surface area contributed by atoms with E-state index < -0.39 is 66.9 Å². The summed E-state index contributed by atoms with van der Waals surface area (Å²) in [5.74, 6) is -5.59. The molecule has 0 radical (unpaired) electrons. The van der Waals surface area contributed by atoms with Crippen LogP contribution in [0.2, 0.25) is 0 Å². The molecule has 0 aliphatic heterocycles. The van der Waals surface area contributed by atoms with E-state index in [1.165, 1.54) is 6.92 Å². The second kappa shape index (κ2) is 12.2. The SMILES string of the molecule is CC(N)C(=O)NC(Cc1ccccc1)C(=O)NC(CC(=O)O)C(=O)NC(CO)C(=O)O. The first-order chi connectivity index (χ1) is 14.5. The first-order valence-corrected chi connectivity index (χ1v) is 9.31. The summed E-state index contributed by atoms with van der Waals surface area (Å²) in [4.78, 5) is 59.3. The van der Waals surface area contributed by atoms with Gasteiger partial charge in [0.05, 0.1) is 19.1 Å². The first-order valence-electron chi connectivity index (χ1n) is 9.31. The van der Waals surface area contributed by atoms with E-state index >= 15 is 0 Å². The quantitative estimate of drug-likeness (QED) is 0.185. The Morgan fingerprint density at radius 3 is 1.87 bits per heavy atom. The fourth-order valence-electron chi connectivity index (χ4n) is 2.48. The number of aliphatic carboxylic acids is 2. The maximum atomic E-state index is 12.8. The summed E-state index contributed by atoms with van der Waals surface area (Å²) in [6.07, 6.45) is -0.824. The predicted molar refractivity (Wildman–Crippen MR) is 107 cm³/mol. The van der Waals surface area contributed by atoms with Crippen molar-refractivity contribution < 1.29 is 39.3 Å². The standard InChI is InChI=1S/C19H26N4O8/c1-10(20)16(27)21-12(7-11-5-3-2-4-6-11)17(28)22-13(8-15(25)26)18(29)23-14(9-24)19(30)31/h2-6,10,12-14,24H,7-9,20H2,1H3,(H,21,27)(H,22,28)(H,23,29)(H,25,26)(H,30,31). The van der Waals surface area contributed by atoms with E-state index in [2.05, 4.69) is 10.6 Å². The average Bonchev–Trinajstić information content (AvgIpc) is 2.70. The molecule has 0 heterocycles. The molecule has 170 valence electrons. The zero-order valence-electron chi connectivity index (χ0n) is 16.8. The van der Waals surface area contributed by atoms with Crippen molar-refractivity contribution in [2.24, 2.45) is 5.73 Å². The van der Waals surface area contributed by atoms with Crippen LogP contribution in [-0.2, 0) is 30.4 Å². The monoisotopic (exact) mass is 438 g/mol. The molecule has 0 aliphatic rings. The van der Waals surface area contributed by atoms with E-state index in [4.69, 9.17) is 21.1 Å². The lowest BCUT2D eigenvalue weighted by atomic mass is 10.0. The van der Waals surface area contributed by atoms with Gasteiger partial charge in [0, 0.05) is 6.42 Å². The van der Waals surface area contributed by atoms with Crippen molar-refractivity contribution in [2.45, 2.75) is 43.9 Å². The highest BCUT2D eigenvalue weighted by Gasteiger charge is 2.31. The largest absolute Gasteiger partial charge is 0.481 e. The van der Waals surface area contributed by atoms with Crippen molar-refractivity contribution in [3.05, 3.63) is 35.9 Å². The minimum atomic E-state index is -1.68. The van der Waals surface area contributed by atoms with Gasteiger partial charge < -0.3 is 37.0 Å². The molecule has 1 aromatic rings. The van der Waals surface area contributed by atoms with Gasteiger partial charge in [-0.2, -0.15) is 0 Å². The molecule has 31 heavy (non-hydrogen) atoms. The van der Waals surface area contributed by atoms with Gasteiger partial charge in [-0.15, -0.1) is 0 Å². The van der Waals surface area contributed by atoms with Crippen molar-refractivity contribution in [2.75, 3.05) is 6.61 Å². The van der Waals surface area contributed by atoms with E-state index in [0.717, 1.165) is 0 Å². The molecule has 12 nitrogen and oxygen atoms in total. The van der Waals surface area contributed by atoms with Gasteiger partial charge in [-0.1, -0.05) is 30.3 Å². The summed E-state index contributed by atoms with van der Waals surface area (Å²) >= 11 is 0. The zero-order chi connectivity index (χ0) is 23.6. The maximum absolute atomic E-state index is 12.8. The van der Waals surface area contributed by atoms with Gasteiger partial charge in [0.1, 0.15) is 18.1 Å². The molecule has 12 heteroatoms. The van der Waals surface area contributed by atoms with E-state index in [0.29, 0.717) is 5.56 Å². The molecule has 3 amide bonds. The average molecular weight is 438 g/mol. The van der Waals surface area contributed by atoms with E-state index in [1.807, 2.05) is 5.32 Å². The Morgan fingerprint density at radius 2 is 1.39 bits per heavy atom. The molecule has 4 unspecified atom stereocenters. The summed E-state index contributed by atoms with van der Waals surface area (Å²) in [5, 5.41) is 33.6. The molecule has 1 rings (SSSR count). The number of carboxylic acids is 2. The van der Waals surface area contributed by atoms with Crippen LogP contribution < -0.4 is 21.7 Å². The summed E-state index contributed by atoms with van der Waals surface area (Å²) in [6, 6.07) is 3.17. The second-order valence-electron chi connectivity index (χ2n) is 6.78. The number of nitrogens with one attached hydrogen (secondary N) is 3. The lowest BCUT2D eigenvalue weighted by Crippen LogP contribution is -2.58. The smallest absolute Gasteiger partial charge is 0.328 e. The summed E-state index contributed by atoms with van der Waals surface area (Å²) in [5.41, 5.74) is 6.21. The third kappa shape index (κ3) is 8.80. The number of benzene rings is 1. The van der Waals surface area contributed by atoms with Gasteiger partial charge in [-0.3, -0.25) is 19.2 Å². The Balaban J connectivity index is 3.04. The normalized spacial score (nSPS) is 14.4. The predicted octanol–water partition coefficient (Wildman–Crippen LogP) is -2.42. The number of hydrogen-bond donors (Lipinski definition) is 7. The van der Waals surface area contributed by atoms with Crippen LogP contribution in [-0.4, -0.2) is 75.8 Å². The van der Waals surface area contributed by atoms with Crippen LogP contribution in [0.5, 0.6) is 0 Å². The van der Waals surface area contributed by atoms with Crippen LogP contribution >= 0.6 is 0 Å². The zero-order valence-corrected chi connectivity index (χ0v) is 16.8. The molecule has 0 spiro atoms. The van der Waals surface area contributed by atoms with Gasteiger partial charge in [-0.25, -0.2) is 4.79 Å². The number of nitrogens with two attached hydrogens (primary N) is 1. The first kappa shape index (κ1) is 25.5. The Bertz CT molecular complexity index is 799. The van der Waals surface area contributed by atoms with Gasteiger partial charge >= 0.3 is 11.9 Å². The number of rotatable bonds is 12. The number of carboxylic acid groups (broad SMARTS) is 2. The van der Waals surface area contributed by atoms with Crippen molar-refractivity contribution in [1.82, 2.24) is 16.0 Å². The van der Waals surface area contributed by atoms with Crippen LogP contribution in [0.1, 0.15) is 18.9 Å². The summed E-state index contributed by atoms with van der Waals surface area (Å²) in [7, 11) is 0. The third-order valence-electron chi connectivity index (χ3n) is 4.14. The third-order valence-corrected chi connectivity index (χ3v) is 4.14. The molecule has 0 saturated heterocycles. The lowest BCUT2D eigenvalue weighted by molar-refractivity contribution is -0.144. The maximum Gasteiger partial charge on any atom is 0.328 e. The molecular formula is C19H26N4O8. The topological polar surface area (TPSA) is 208 Å². The van der Waals surface area contributed by atoms with Crippen molar-refractivity contribution >= 4 is 29.7 Å². The Kier molecular flexibility index (Phi) is 10.1. The minimum Gasteiger partial charge on any atom is -0.481 e. The van der Waals surface area contributed by atoms with Crippen molar-refractivity contribution in [3.63, 3.8) is 0 Å². The molecular weight excluding hydrogens is 412 g/mol. The number of hydrogen-bond acceptors (Lipinski definition) is 7. The molecule has 1 aromatic carbocycles. The Morgan fingerprint density at radius 1 is 0.871 bits per heavy atom. The molecule has 0 aliphatic carbocycles. The van der Waals surface area contributed by atoms with Crippen LogP contribution in [0.25, 0.3) is 0 Å². The van der Waals surface area contributed by atoms with Crippen LogP contribution in [0.3, 0.4) is 0 Å². The number of aliphatic hydroxyl groups is 1. The second-order valence-corrected chi connectivity index (χ2v) is 6.78. The summed E-state index contributed by atoms with van der Waals surface area (Å²) < 4.78 is 0. The highest BCUT2D eigenvalue weighted by atomic mass is 16.4. The van der Waals surface area contributed by atoms with Gasteiger partial charge in [0.15, 0.2) is 0 Å². The molecule has 4 atom stereocenters. The van der Waals surface area contributed by atoms with E-state index in [1.54, 1.807) is 30.3 Å². The number of aliphatic hydroxyl groups excluding tert-OH is 1. The van der Waals surface area contributed by atoms with Crippen LogP contribution in [0.15, 0.2) is 30.3 Å².